The number of hydrogen-bond donors (Lipinski definition) is 1. The molecule has 0 radical (unpaired) electrons. The molecule has 17 heavy (non-hydrogen) atoms. The summed E-state index contributed by atoms with van der Waals surface area (Å²) < 4.78 is 1.09. The average molecular weight is 312 g/mol. The van der Waals surface area contributed by atoms with Gasteiger partial charge in [0, 0.05) is 20.6 Å². The minimum absolute atomic E-state index is 0.216. The molecule has 0 aliphatic heterocycles. The number of nitrogens with one attached hydrogen (secondary N) is 1. The molecule has 0 saturated heterocycles. The van der Waals surface area contributed by atoms with Crippen LogP contribution in [0.2, 0.25) is 0 Å². The van der Waals surface area contributed by atoms with E-state index in [0.29, 0.717) is 18.4 Å². The van der Waals surface area contributed by atoms with Gasteiger partial charge in [-0.2, -0.15) is 0 Å². The van der Waals surface area contributed by atoms with Gasteiger partial charge in [0.15, 0.2) is 0 Å². The zero-order valence-corrected chi connectivity index (χ0v) is 11.8. The van der Waals surface area contributed by atoms with Crippen molar-refractivity contribution < 1.29 is 4.79 Å². The molecule has 1 aromatic heterocycles. The Hall–Kier alpha value is -0.610. The molecule has 4 heteroatoms. The minimum Gasteiger partial charge on any atom is -0.351 e. The standard InChI is InChI=1S/C13H14BrNOS/c14-10-5-11(17-7-10)6-15-13(16)12-4-8-1-2-9(12)3-8/h1-2,5,7-9,12H,3-4,6H2,(H,15,16). The zero-order chi connectivity index (χ0) is 11.8. The van der Waals surface area contributed by atoms with Crippen molar-refractivity contribution in [2.24, 2.45) is 17.8 Å². The Balaban J connectivity index is 1.56. The number of hydrogen-bond acceptors (Lipinski definition) is 2. The highest BCUT2D eigenvalue weighted by Gasteiger charge is 2.39. The van der Waals surface area contributed by atoms with Crippen molar-refractivity contribution in [1.29, 1.82) is 0 Å². The van der Waals surface area contributed by atoms with Crippen LogP contribution in [0.1, 0.15) is 17.7 Å². The summed E-state index contributed by atoms with van der Waals surface area (Å²) in [6.07, 6.45) is 6.72. The normalized spacial score (nSPS) is 29.8. The molecule has 0 spiro atoms. The average Bonchev–Trinajstić information content (AvgIpc) is 3.01. The molecule has 2 bridgehead atoms. The van der Waals surface area contributed by atoms with Gasteiger partial charge in [0.1, 0.15) is 0 Å². The molecule has 3 unspecified atom stereocenters. The number of allylic oxidation sites excluding steroid dienone is 2. The van der Waals surface area contributed by atoms with Crippen molar-refractivity contribution in [1.82, 2.24) is 5.32 Å². The van der Waals surface area contributed by atoms with Gasteiger partial charge in [-0.1, -0.05) is 12.2 Å². The van der Waals surface area contributed by atoms with Gasteiger partial charge in [-0.05, 0) is 46.7 Å². The van der Waals surface area contributed by atoms with E-state index in [1.54, 1.807) is 11.3 Å². The van der Waals surface area contributed by atoms with Crippen LogP contribution in [0.4, 0.5) is 0 Å². The Morgan fingerprint density at radius 2 is 2.35 bits per heavy atom. The van der Waals surface area contributed by atoms with Crippen LogP contribution in [0.5, 0.6) is 0 Å². The third-order valence-corrected chi connectivity index (χ3v) is 5.37. The van der Waals surface area contributed by atoms with Gasteiger partial charge in [0.05, 0.1) is 6.54 Å². The fourth-order valence-corrected chi connectivity index (χ4v) is 4.22. The van der Waals surface area contributed by atoms with E-state index in [4.69, 9.17) is 0 Å². The molecule has 1 aromatic rings. The Morgan fingerprint density at radius 1 is 1.47 bits per heavy atom. The quantitative estimate of drug-likeness (QED) is 0.852. The molecular weight excluding hydrogens is 298 g/mol. The molecule has 0 aromatic carbocycles. The summed E-state index contributed by atoms with van der Waals surface area (Å²) >= 11 is 5.09. The molecule has 1 saturated carbocycles. The van der Waals surface area contributed by atoms with Crippen LogP contribution in [-0.4, -0.2) is 5.91 Å². The number of amides is 1. The largest absolute Gasteiger partial charge is 0.351 e. The van der Waals surface area contributed by atoms with E-state index in [1.807, 2.05) is 5.38 Å². The molecule has 2 aliphatic rings. The minimum atomic E-state index is 0.216. The summed E-state index contributed by atoms with van der Waals surface area (Å²) in [4.78, 5) is 13.3. The third-order valence-electron chi connectivity index (χ3n) is 3.67. The summed E-state index contributed by atoms with van der Waals surface area (Å²) in [7, 11) is 0. The Bertz CT molecular complexity index is 468. The van der Waals surface area contributed by atoms with Gasteiger partial charge in [0.25, 0.3) is 0 Å². The monoisotopic (exact) mass is 311 g/mol. The molecule has 1 heterocycles. The Kier molecular flexibility index (Phi) is 3.09. The lowest BCUT2D eigenvalue weighted by atomic mass is 9.93. The number of halogens is 1. The van der Waals surface area contributed by atoms with Gasteiger partial charge < -0.3 is 5.32 Å². The smallest absolute Gasteiger partial charge is 0.224 e. The number of carbonyl (C=O) groups excluding carboxylic acids is 1. The van der Waals surface area contributed by atoms with E-state index >= 15 is 0 Å². The van der Waals surface area contributed by atoms with Crippen molar-refractivity contribution in [2.45, 2.75) is 19.4 Å². The molecule has 90 valence electrons. The van der Waals surface area contributed by atoms with E-state index < -0.39 is 0 Å². The molecule has 2 aliphatic carbocycles. The molecule has 1 amide bonds. The number of rotatable bonds is 3. The zero-order valence-electron chi connectivity index (χ0n) is 9.36. The van der Waals surface area contributed by atoms with Crippen LogP contribution in [0.15, 0.2) is 28.1 Å². The van der Waals surface area contributed by atoms with Gasteiger partial charge in [-0.3, -0.25) is 4.79 Å². The fourth-order valence-electron chi connectivity index (χ4n) is 2.83. The first kappa shape index (κ1) is 11.5. The summed E-state index contributed by atoms with van der Waals surface area (Å²) in [6.45, 7) is 0.659. The first-order chi connectivity index (χ1) is 8.22. The van der Waals surface area contributed by atoms with Crippen molar-refractivity contribution in [3.8, 4) is 0 Å². The highest BCUT2D eigenvalue weighted by molar-refractivity contribution is 9.10. The van der Waals surface area contributed by atoms with E-state index in [1.165, 1.54) is 11.3 Å². The SMILES string of the molecule is O=C(NCc1cc(Br)cs1)C1CC2C=CC1C2. The maximum atomic E-state index is 12.1. The van der Waals surface area contributed by atoms with E-state index in [9.17, 15) is 4.79 Å². The second kappa shape index (κ2) is 4.58. The molecule has 1 N–H and O–H groups in total. The lowest BCUT2D eigenvalue weighted by Gasteiger charge is -2.17. The van der Waals surface area contributed by atoms with Crippen LogP contribution < -0.4 is 5.32 Å². The van der Waals surface area contributed by atoms with E-state index in [0.717, 1.165) is 10.9 Å². The number of thiophene rings is 1. The number of carbonyl (C=O) groups is 1. The lowest BCUT2D eigenvalue weighted by Crippen LogP contribution is -2.32. The summed E-state index contributed by atoms with van der Waals surface area (Å²) in [5.41, 5.74) is 0. The molecular formula is C13H14BrNOS. The van der Waals surface area contributed by atoms with Crippen molar-refractivity contribution in [3.05, 3.63) is 32.9 Å². The first-order valence-corrected chi connectivity index (χ1v) is 7.58. The highest BCUT2D eigenvalue weighted by atomic mass is 79.9. The highest BCUT2D eigenvalue weighted by Crippen LogP contribution is 2.43. The van der Waals surface area contributed by atoms with Crippen LogP contribution in [-0.2, 0) is 11.3 Å². The maximum absolute atomic E-state index is 12.1. The molecule has 2 nitrogen and oxygen atoms in total. The van der Waals surface area contributed by atoms with Gasteiger partial charge in [0.2, 0.25) is 5.91 Å². The lowest BCUT2D eigenvalue weighted by molar-refractivity contribution is -0.125. The topological polar surface area (TPSA) is 29.1 Å². The first-order valence-electron chi connectivity index (χ1n) is 5.91. The van der Waals surface area contributed by atoms with E-state index in [-0.39, 0.29) is 11.8 Å². The molecule has 3 atom stereocenters. The Morgan fingerprint density at radius 3 is 2.94 bits per heavy atom. The summed E-state index contributed by atoms with van der Waals surface area (Å²) in [5, 5.41) is 5.10. The summed E-state index contributed by atoms with van der Waals surface area (Å²) in [6, 6.07) is 2.06. The predicted octanol–water partition coefficient (Wildman–Crippen LogP) is 3.34. The Labute approximate surface area is 113 Å². The van der Waals surface area contributed by atoms with Crippen molar-refractivity contribution >= 4 is 33.2 Å². The van der Waals surface area contributed by atoms with E-state index in [2.05, 4.69) is 39.5 Å². The van der Waals surface area contributed by atoms with Gasteiger partial charge >= 0.3 is 0 Å². The summed E-state index contributed by atoms with van der Waals surface area (Å²) in [5.74, 6) is 1.60. The van der Waals surface area contributed by atoms with Gasteiger partial charge in [-0.15, -0.1) is 11.3 Å². The van der Waals surface area contributed by atoms with Gasteiger partial charge in [-0.25, -0.2) is 0 Å². The fraction of sp³-hybridized carbons (Fsp3) is 0.462. The number of fused-ring (bicyclic) bond motifs is 2. The molecule has 3 rings (SSSR count). The molecule has 1 fully saturated rings. The van der Waals surface area contributed by atoms with Crippen molar-refractivity contribution in [3.63, 3.8) is 0 Å². The maximum Gasteiger partial charge on any atom is 0.224 e. The van der Waals surface area contributed by atoms with Crippen LogP contribution >= 0.6 is 27.3 Å². The van der Waals surface area contributed by atoms with Crippen LogP contribution in [0.25, 0.3) is 0 Å². The second-order valence-corrected chi connectivity index (χ2v) is 6.75. The van der Waals surface area contributed by atoms with Crippen LogP contribution in [0, 0.1) is 17.8 Å². The predicted molar refractivity (Wildman–Crippen MR) is 72.7 cm³/mol. The second-order valence-electron chi connectivity index (χ2n) is 4.84. The third kappa shape index (κ3) is 2.33. The van der Waals surface area contributed by atoms with Crippen LogP contribution in [0.3, 0.4) is 0 Å². The van der Waals surface area contributed by atoms with Crippen molar-refractivity contribution in [2.75, 3.05) is 0 Å².